The Kier molecular flexibility index (Phi) is 12.9. The normalized spacial score (nSPS) is 12.1. The quantitative estimate of drug-likeness (QED) is 0.143. The van der Waals surface area contributed by atoms with Crippen molar-refractivity contribution in [2.45, 2.75) is 25.3 Å². The zero-order valence-electron chi connectivity index (χ0n) is 12.2. The average Bonchev–Trinajstić information content (AvgIpc) is 2.46. The zero-order valence-corrected chi connectivity index (χ0v) is 12.2. The van der Waals surface area contributed by atoms with Crippen molar-refractivity contribution < 1.29 is 24.2 Å². The van der Waals surface area contributed by atoms with E-state index in [1.54, 1.807) is 0 Å². The molecule has 1 amide bonds. The van der Waals surface area contributed by atoms with Crippen molar-refractivity contribution in [3.05, 3.63) is 0 Å². The van der Waals surface area contributed by atoms with Crippen molar-refractivity contribution in [1.29, 1.82) is 0 Å². The van der Waals surface area contributed by atoms with Gasteiger partial charge in [-0.25, -0.2) is 5.43 Å². The fourth-order valence-electron chi connectivity index (χ4n) is 1.50. The number of carbonyl (C=O) groups excluding carboxylic acids is 1. The third kappa shape index (κ3) is 12.2. The Morgan fingerprint density at radius 3 is 2.48 bits per heavy atom. The van der Waals surface area contributed by atoms with Crippen molar-refractivity contribution in [1.82, 2.24) is 10.7 Å². The maximum absolute atomic E-state index is 11.4. The molecule has 0 heterocycles. The molecule has 0 fully saturated rings. The fraction of sp³-hybridized carbons (Fsp3) is 0.833. The van der Waals surface area contributed by atoms with Crippen LogP contribution in [-0.4, -0.2) is 62.5 Å². The van der Waals surface area contributed by atoms with Crippen molar-refractivity contribution in [2.75, 3.05) is 39.5 Å². The second kappa shape index (κ2) is 13.7. The van der Waals surface area contributed by atoms with E-state index in [4.69, 9.17) is 26.2 Å². The number of amides is 1. The van der Waals surface area contributed by atoms with Gasteiger partial charge in [0.2, 0.25) is 5.91 Å². The maximum Gasteiger partial charge on any atom is 0.322 e. The van der Waals surface area contributed by atoms with Gasteiger partial charge in [0.1, 0.15) is 12.6 Å². The summed E-state index contributed by atoms with van der Waals surface area (Å²) >= 11 is 0. The average molecular weight is 306 g/mol. The molecule has 0 aliphatic heterocycles. The highest BCUT2D eigenvalue weighted by Gasteiger charge is 2.13. The lowest BCUT2D eigenvalue weighted by molar-refractivity contribution is -0.139. The van der Waals surface area contributed by atoms with Crippen molar-refractivity contribution in [3.8, 4) is 0 Å². The van der Waals surface area contributed by atoms with Gasteiger partial charge in [0.15, 0.2) is 0 Å². The van der Waals surface area contributed by atoms with Gasteiger partial charge in [-0.2, -0.15) is 0 Å². The Morgan fingerprint density at radius 2 is 1.86 bits per heavy atom. The van der Waals surface area contributed by atoms with Crippen LogP contribution < -0.4 is 22.3 Å². The summed E-state index contributed by atoms with van der Waals surface area (Å²) in [6.07, 6.45) is 1.74. The summed E-state index contributed by atoms with van der Waals surface area (Å²) < 4.78 is 10.2. The Balaban J connectivity index is 3.39. The highest BCUT2D eigenvalue weighted by Crippen LogP contribution is 1.99. The number of hydrogen-bond donors (Lipinski definition) is 5. The number of carboxylic acids is 1. The van der Waals surface area contributed by atoms with Crippen LogP contribution in [0.5, 0.6) is 0 Å². The van der Waals surface area contributed by atoms with E-state index in [9.17, 15) is 9.59 Å². The van der Waals surface area contributed by atoms with Crippen LogP contribution in [0.25, 0.3) is 0 Å². The SMILES string of the molecule is NCCOCCOCC(=O)NCCCCC(NN)C(=O)O. The Labute approximate surface area is 124 Å². The molecule has 7 N–H and O–H groups in total. The number of carbonyl (C=O) groups is 2. The molecular formula is C12H26N4O5. The third-order valence-electron chi connectivity index (χ3n) is 2.61. The van der Waals surface area contributed by atoms with E-state index in [0.29, 0.717) is 52.2 Å². The van der Waals surface area contributed by atoms with Crippen LogP contribution in [0, 0.1) is 0 Å². The molecule has 0 aliphatic carbocycles. The van der Waals surface area contributed by atoms with Crippen molar-refractivity contribution in [3.63, 3.8) is 0 Å². The molecule has 0 spiro atoms. The van der Waals surface area contributed by atoms with E-state index in [1.165, 1.54) is 0 Å². The lowest BCUT2D eigenvalue weighted by Crippen LogP contribution is -2.41. The summed E-state index contributed by atoms with van der Waals surface area (Å²) in [4.78, 5) is 22.0. The van der Waals surface area contributed by atoms with Crippen LogP contribution in [0.15, 0.2) is 0 Å². The number of rotatable bonds is 14. The monoisotopic (exact) mass is 306 g/mol. The number of hydrazine groups is 1. The molecule has 124 valence electrons. The van der Waals surface area contributed by atoms with Gasteiger partial charge in [0, 0.05) is 13.1 Å². The molecule has 0 aromatic rings. The summed E-state index contributed by atoms with van der Waals surface area (Å²) in [7, 11) is 0. The minimum absolute atomic E-state index is 0.0198. The lowest BCUT2D eigenvalue weighted by atomic mass is 10.1. The molecule has 0 saturated carbocycles. The molecule has 1 atom stereocenters. The smallest absolute Gasteiger partial charge is 0.322 e. The van der Waals surface area contributed by atoms with Gasteiger partial charge < -0.3 is 25.6 Å². The van der Waals surface area contributed by atoms with Gasteiger partial charge in [-0.05, 0) is 19.3 Å². The van der Waals surface area contributed by atoms with E-state index in [-0.39, 0.29) is 12.5 Å². The highest BCUT2D eigenvalue weighted by molar-refractivity contribution is 5.77. The van der Waals surface area contributed by atoms with Gasteiger partial charge in [-0.15, -0.1) is 0 Å². The first-order valence-electron chi connectivity index (χ1n) is 6.93. The maximum atomic E-state index is 11.4. The van der Waals surface area contributed by atoms with Crippen LogP contribution in [-0.2, 0) is 19.1 Å². The van der Waals surface area contributed by atoms with Crippen LogP contribution in [0.4, 0.5) is 0 Å². The summed E-state index contributed by atoms with van der Waals surface area (Å²) in [5.74, 6) is 3.91. The Hall–Kier alpha value is -1.26. The fourth-order valence-corrected chi connectivity index (χ4v) is 1.50. The molecule has 0 radical (unpaired) electrons. The molecule has 0 saturated heterocycles. The van der Waals surface area contributed by atoms with Gasteiger partial charge in [0.05, 0.1) is 19.8 Å². The second-order valence-electron chi connectivity index (χ2n) is 4.36. The van der Waals surface area contributed by atoms with Gasteiger partial charge in [-0.1, -0.05) is 0 Å². The molecule has 0 aliphatic rings. The topological polar surface area (TPSA) is 149 Å². The van der Waals surface area contributed by atoms with Gasteiger partial charge in [0.25, 0.3) is 0 Å². The van der Waals surface area contributed by atoms with E-state index in [0.717, 1.165) is 0 Å². The van der Waals surface area contributed by atoms with E-state index < -0.39 is 12.0 Å². The summed E-state index contributed by atoms with van der Waals surface area (Å²) in [6, 6.07) is -0.752. The number of carboxylic acid groups (broad SMARTS) is 1. The Bertz CT molecular complexity index is 291. The number of aliphatic carboxylic acids is 1. The number of ether oxygens (including phenoxy) is 2. The second-order valence-corrected chi connectivity index (χ2v) is 4.36. The van der Waals surface area contributed by atoms with E-state index in [2.05, 4.69) is 10.7 Å². The third-order valence-corrected chi connectivity index (χ3v) is 2.61. The minimum atomic E-state index is -0.980. The van der Waals surface area contributed by atoms with Gasteiger partial charge in [-0.3, -0.25) is 15.4 Å². The van der Waals surface area contributed by atoms with Crippen LogP contribution in [0.2, 0.25) is 0 Å². The Morgan fingerprint density at radius 1 is 1.14 bits per heavy atom. The molecule has 1 unspecified atom stereocenters. The van der Waals surface area contributed by atoms with Gasteiger partial charge >= 0.3 is 5.97 Å². The molecule has 0 aromatic carbocycles. The predicted octanol–water partition coefficient (Wildman–Crippen LogP) is -1.82. The summed E-state index contributed by atoms with van der Waals surface area (Å²) in [5, 5.41) is 11.4. The lowest BCUT2D eigenvalue weighted by Gasteiger charge is -2.10. The molecule has 9 heteroatoms. The standard InChI is InChI=1S/C12H26N4O5/c13-4-6-20-7-8-21-9-11(17)15-5-2-1-3-10(16-14)12(18)19/h10,16H,1-9,13-14H2,(H,15,17)(H,18,19). The molecule has 21 heavy (non-hydrogen) atoms. The van der Waals surface area contributed by atoms with Crippen molar-refractivity contribution >= 4 is 11.9 Å². The zero-order chi connectivity index (χ0) is 15.9. The number of nitrogens with two attached hydrogens (primary N) is 2. The largest absolute Gasteiger partial charge is 0.480 e. The summed E-state index contributed by atoms with van der Waals surface area (Å²) in [5.41, 5.74) is 7.47. The number of unbranched alkanes of at least 4 members (excludes halogenated alkanes) is 1. The minimum Gasteiger partial charge on any atom is -0.480 e. The molecule has 0 bridgehead atoms. The highest BCUT2D eigenvalue weighted by atomic mass is 16.5. The molecule has 0 rings (SSSR count). The van der Waals surface area contributed by atoms with E-state index in [1.807, 2.05) is 0 Å². The first-order chi connectivity index (χ1) is 10.1. The first-order valence-corrected chi connectivity index (χ1v) is 6.93. The predicted molar refractivity (Wildman–Crippen MR) is 76.3 cm³/mol. The number of nitrogens with one attached hydrogen (secondary N) is 2. The number of hydrogen-bond acceptors (Lipinski definition) is 7. The first kappa shape index (κ1) is 19.7. The van der Waals surface area contributed by atoms with Crippen LogP contribution in [0.3, 0.4) is 0 Å². The van der Waals surface area contributed by atoms with E-state index >= 15 is 0 Å². The summed E-state index contributed by atoms with van der Waals surface area (Å²) in [6.45, 7) is 2.15. The molecule has 9 nitrogen and oxygen atoms in total. The molecule has 0 aromatic heterocycles. The van der Waals surface area contributed by atoms with Crippen LogP contribution in [0.1, 0.15) is 19.3 Å². The van der Waals surface area contributed by atoms with Crippen LogP contribution >= 0.6 is 0 Å². The molecular weight excluding hydrogens is 280 g/mol. The van der Waals surface area contributed by atoms with Crippen molar-refractivity contribution in [2.24, 2.45) is 11.6 Å².